The first-order chi connectivity index (χ1) is 13.4. The van der Waals surface area contributed by atoms with E-state index in [2.05, 4.69) is 5.32 Å². The second-order valence-electron chi connectivity index (χ2n) is 6.32. The topological polar surface area (TPSA) is 50.8 Å². The normalized spacial score (nSPS) is 18.8. The summed E-state index contributed by atoms with van der Waals surface area (Å²) in [6.07, 6.45) is -4.41. The third-order valence-corrected chi connectivity index (χ3v) is 5.73. The molecule has 1 N–H and O–H groups in total. The van der Waals surface area contributed by atoms with Crippen molar-refractivity contribution in [3.05, 3.63) is 53.6 Å². The van der Waals surface area contributed by atoms with Gasteiger partial charge in [0, 0.05) is 18.0 Å². The summed E-state index contributed by atoms with van der Waals surface area (Å²) in [6.45, 7) is 1.52. The van der Waals surface area contributed by atoms with Crippen molar-refractivity contribution in [3.8, 4) is 11.5 Å². The summed E-state index contributed by atoms with van der Waals surface area (Å²) in [7, 11) is 0. The molecule has 1 saturated heterocycles. The maximum atomic E-state index is 12.7. The van der Waals surface area contributed by atoms with Crippen molar-refractivity contribution in [1.82, 2.24) is 4.90 Å². The number of carbonyl (C=O) groups excluding carboxylic acids is 1. The van der Waals surface area contributed by atoms with E-state index < -0.39 is 11.7 Å². The predicted molar refractivity (Wildman–Crippen MR) is 99.8 cm³/mol. The van der Waals surface area contributed by atoms with Crippen molar-refractivity contribution < 1.29 is 27.4 Å². The number of carbonyl (C=O) groups is 1. The molecule has 0 bridgehead atoms. The third kappa shape index (κ3) is 3.84. The number of amides is 2. The number of nitrogens with one attached hydrogen (secondary N) is 1. The third-order valence-electron chi connectivity index (χ3n) is 4.47. The van der Waals surface area contributed by atoms with Crippen LogP contribution in [0.5, 0.6) is 11.5 Å². The Morgan fingerprint density at radius 2 is 1.79 bits per heavy atom. The molecule has 2 aromatic carbocycles. The average molecular weight is 410 g/mol. The fourth-order valence-corrected chi connectivity index (χ4v) is 4.35. The highest BCUT2D eigenvalue weighted by molar-refractivity contribution is 7.99. The van der Waals surface area contributed by atoms with E-state index in [1.165, 1.54) is 12.1 Å². The Labute approximate surface area is 163 Å². The van der Waals surface area contributed by atoms with Gasteiger partial charge in [-0.3, -0.25) is 0 Å². The number of fused-ring (bicyclic) bond motifs is 1. The predicted octanol–water partition coefficient (Wildman–Crippen LogP) is 4.76. The monoisotopic (exact) mass is 410 g/mol. The number of benzene rings is 2. The quantitative estimate of drug-likeness (QED) is 0.776. The lowest BCUT2D eigenvalue weighted by Gasteiger charge is -2.26. The zero-order valence-corrected chi connectivity index (χ0v) is 15.5. The maximum absolute atomic E-state index is 12.7. The molecule has 0 radical (unpaired) electrons. The van der Waals surface area contributed by atoms with Crippen molar-refractivity contribution in [1.29, 1.82) is 0 Å². The van der Waals surface area contributed by atoms with E-state index in [1.807, 2.05) is 18.2 Å². The van der Waals surface area contributed by atoms with Gasteiger partial charge in [-0.2, -0.15) is 13.2 Å². The van der Waals surface area contributed by atoms with E-state index in [4.69, 9.17) is 9.47 Å². The Hall–Kier alpha value is -2.55. The van der Waals surface area contributed by atoms with Crippen LogP contribution in [0.4, 0.5) is 23.7 Å². The van der Waals surface area contributed by atoms with Crippen LogP contribution in [0.1, 0.15) is 16.5 Å². The van der Waals surface area contributed by atoms with Crippen molar-refractivity contribution in [3.63, 3.8) is 0 Å². The summed E-state index contributed by atoms with van der Waals surface area (Å²) in [5, 5.41) is 2.47. The van der Waals surface area contributed by atoms with Crippen molar-refractivity contribution >= 4 is 23.5 Å². The average Bonchev–Trinajstić information content (AvgIpc) is 3.17. The van der Waals surface area contributed by atoms with Crippen molar-refractivity contribution in [2.45, 2.75) is 11.6 Å². The largest absolute Gasteiger partial charge is 0.486 e. The van der Waals surface area contributed by atoms with Gasteiger partial charge in [0.2, 0.25) is 0 Å². The molecule has 2 amide bonds. The Morgan fingerprint density at radius 1 is 1.07 bits per heavy atom. The number of alkyl halides is 3. The smallest absolute Gasteiger partial charge is 0.416 e. The molecule has 9 heteroatoms. The van der Waals surface area contributed by atoms with Crippen LogP contribution < -0.4 is 14.8 Å². The first kappa shape index (κ1) is 18.8. The number of ether oxygens (including phenoxy) is 2. The van der Waals surface area contributed by atoms with Crippen LogP contribution in [-0.2, 0) is 6.18 Å². The van der Waals surface area contributed by atoms with Gasteiger partial charge in [-0.05, 0) is 42.0 Å². The standard InChI is InChI=1S/C19H17F3N2O3S/c20-19(21,22)13-2-4-14(5-3-13)23-18(25)24-7-10-28-17(24)12-1-6-15-16(11-12)27-9-8-26-15/h1-6,11,17H,7-10H2,(H,23,25). The SMILES string of the molecule is O=C(Nc1ccc(C(F)(F)F)cc1)N1CCSC1c1ccc2c(c1)OCCO2. The highest BCUT2D eigenvalue weighted by atomic mass is 32.2. The van der Waals surface area contributed by atoms with Gasteiger partial charge in [0.1, 0.15) is 18.6 Å². The molecular formula is C19H17F3N2O3S. The number of halogens is 3. The molecule has 0 aliphatic carbocycles. The van der Waals surface area contributed by atoms with Gasteiger partial charge in [-0.25, -0.2) is 4.79 Å². The molecule has 0 spiro atoms. The van der Waals surface area contributed by atoms with E-state index in [1.54, 1.807) is 16.7 Å². The fourth-order valence-electron chi connectivity index (χ4n) is 3.11. The van der Waals surface area contributed by atoms with Gasteiger partial charge in [0.05, 0.1) is 5.56 Å². The summed E-state index contributed by atoms with van der Waals surface area (Å²) >= 11 is 1.62. The summed E-state index contributed by atoms with van der Waals surface area (Å²) < 4.78 is 49.1. The minimum Gasteiger partial charge on any atom is -0.486 e. The van der Waals surface area contributed by atoms with E-state index >= 15 is 0 Å². The fraction of sp³-hybridized carbons (Fsp3) is 0.316. The molecule has 1 unspecified atom stereocenters. The summed E-state index contributed by atoms with van der Waals surface area (Å²) in [6, 6.07) is 9.65. The van der Waals surface area contributed by atoms with Crippen LogP contribution in [0.3, 0.4) is 0 Å². The van der Waals surface area contributed by atoms with Gasteiger partial charge in [-0.1, -0.05) is 6.07 Å². The lowest BCUT2D eigenvalue weighted by molar-refractivity contribution is -0.137. The van der Waals surface area contributed by atoms with Crippen LogP contribution in [0.15, 0.2) is 42.5 Å². The van der Waals surface area contributed by atoms with Crippen LogP contribution in [-0.4, -0.2) is 36.4 Å². The lowest BCUT2D eigenvalue weighted by Crippen LogP contribution is -2.34. The lowest BCUT2D eigenvalue weighted by atomic mass is 10.1. The number of hydrogen-bond acceptors (Lipinski definition) is 4. The number of anilines is 1. The number of thioether (sulfide) groups is 1. The van der Waals surface area contributed by atoms with Crippen LogP contribution >= 0.6 is 11.8 Å². The van der Waals surface area contributed by atoms with Crippen molar-refractivity contribution in [2.75, 3.05) is 30.8 Å². The van der Waals surface area contributed by atoms with Gasteiger partial charge >= 0.3 is 12.2 Å². The van der Waals surface area contributed by atoms with E-state index in [0.29, 0.717) is 36.9 Å². The van der Waals surface area contributed by atoms with Gasteiger partial charge in [0.15, 0.2) is 11.5 Å². The van der Waals surface area contributed by atoms with Gasteiger partial charge in [-0.15, -0.1) is 11.8 Å². The van der Waals surface area contributed by atoms with Gasteiger partial charge < -0.3 is 19.7 Å². The number of nitrogens with zero attached hydrogens (tertiary/aromatic N) is 1. The minimum atomic E-state index is -4.41. The molecule has 2 aromatic rings. The molecule has 0 aromatic heterocycles. The molecule has 2 heterocycles. The summed E-state index contributed by atoms with van der Waals surface area (Å²) in [4.78, 5) is 14.4. The molecule has 0 saturated carbocycles. The zero-order chi connectivity index (χ0) is 19.7. The molecule has 5 nitrogen and oxygen atoms in total. The molecular weight excluding hydrogens is 393 g/mol. The molecule has 148 valence electrons. The first-order valence-corrected chi connectivity index (χ1v) is 9.73. The minimum absolute atomic E-state index is 0.203. The first-order valence-electron chi connectivity index (χ1n) is 8.68. The molecule has 1 atom stereocenters. The Morgan fingerprint density at radius 3 is 2.50 bits per heavy atom. The van der Waals surface area contributed by atoms with E-state index in [-0.39, 0.29) is 11.4 Å². The number of rotatable bonds is 2. The molecule has 4 rings (SSSR count). The Bertz CT molecular complexity index is 874. The molecule has 2 aliphatic rings. The Balaban J connectivity index is 1.48. The van der Waals surface area contributed by atoms with Gasteiger partial charge in [0.25, 0.3) is 0 Å². The number of urea groups is 1. The number of hydrogen-bond donors (Lipinski definition) is 1. The van der Waals surface area contributed by atoms with Crippen LogP contribution in [0, 0.1) is 0 Å². The van der Waals surface area contributed by atoms with Crippen LogP contribution in [0.25, 0.3) is 0 Å². The zero-order valence-electron chi connectivity index (χ0n) is 14.7. The second-order valence-corrected chi connectivity index (χ2v) is 7.51. The summed E-state index contributed by atoms with van der Waals surface area (Å²) in [5.74, 6) is 2.10. The summed E-state index contributed by atoms with van der Waals surface area (Å²) in [5.41, 5.74) is 0.474. The molecule has 28 heavy (non-hydrogen) atoms. The van der Waals surface area contributed by atoms with Crippen LogP contribution in [0.2, 0.25) is 0 Å². The second kappa shape index (κ2) is 7.46. The Kier molecular flexibility index (Phi) is 5.01. The maximum Gasteiger partial charge on any atom is 0.416 e. The highest BCUT2D eigenvalue weighted by Crippen LogP contribution is 2.42. The molecule has 1 fully saturated rings. The van der Waals surface area contributed by atoms with E-state index in [9.17, 15) is 18.0 Å². The van der Waals surface area contributed by atoms with E-state index in [0.717, 1.165) is 23.4 Å². The molecule has 2 aliphatic heterocycles. The van der Waals surface area contributed by atoms with Crippen molar-refractivity contribution in [2.24, 2.45) is 0 Å². The highest BCUT2D eigenvalue weighted by Gasteiger charge is 2.32.